The first-order valence-electron chi connectivity index (χ1n) is 11.6. The number of rotatable bonds is 5. The molecule has 1 aromatic carbocycles. The summed E-state index contributed by atoms with van der Waals surface area (Å²) >= 11 is 0. The Kier molecular flexibility index (Phi) is 5.44. The first-order chi connectivity index (χ1) is 17.5. The van der Waals surface area contributed by atoms with E-state index in [-0.39, 0.29) is 17.5 Å². The molecule has 4 aromatic rings. The number of ketones is 1. The van der Waals surface area contributed by atoms with Gasteiger partial charge in [-0.3, -0.25) is 9.48 Å². The molecule has 5 heterocycles. The lowest BCUT2D eigenvalue weighted by Gasteiger charge is -2.34. The van der Waals surface area contributed by atoms with Gasteiger partial charge in [0.1, 0.15) is 5.82 Å². The van der Waals surface area contributed by atoms with Crippen LogP contribution < -0.4 is 19.5 Å². The monoisotopic (exact) mass is 484 g/mol. The summed E-state index contributed by atoms with van der Waals surface area (Å²) in [4.78, 5) is 30.4. The van der Waals surface area contributed by atoms with Gasteiger partial charge in [0.15, 0.2) is 18.3 Å². The summed E-state index contributed by atoms with van der Waals surface area (Å²) in [5.41, 5.74) is 1.88. The Balaban J connectivity index is 1.15. The van der Waals surface area contributed by atoms with Crippen molar-refractivity contribution in [2.45, 2.75) is 5.92 Å². The third-order valence-electron chi connectivity index (χ3n) is 6.45. The molecule has 1 unspecified atom stereocenters. The molecule has 1 atom stereocenters. The van der Waals surface area contributed by atoms with Crippen LogP contribution in [0.2, 0.25) is 0 Å². The summed E-state index contributed by atoms with van der Waals surface area (Å²) in [6.45, 7) is 2.92. The molecule has 0 aliphatic carbocycles. The number of anilines is 2. The van der Waals surface area contributed by atoms with Crippen molar-refractivity contribution in [3.05, 3.63) is 89.5 Å². The molecule has 11 heteroatoms. The van der Waals surface area contributed by atoms with Gasteiger partial charge in [-0.15, -0.1) is 0 Å². The zero-order valence-electron chi connectivity index (χ0n) is 19.6. The van der Waals surface area contributed by atoms with Crippen LogP contribution in [0.1, 0.15) is 27.4 Å². The van der Waals surface area contributed by atoms with Gasteiger partial charge >= 0.3 is 0 Å². The number of nitrogens with zero attached hydrogens (tertiary/aromatic N) is 9. The Hall–Kier alpha value is -4.54. The van der Waals surface area contributed by atoms with Gasteiger partial charge in [0, 0.05) is 74.1 Å². The Morgan fingerprint density at radius 3 is 2.39 bits per heavy atom. The molecule has 10 nitrogen and oxygen atoms in total. The van der Waals surface area contributed by atoms with Crippen molar-refractivity contribution in [1.29, 1.82) is 0 Å². The molecule has 36 heavy (non-hydrogen) atoms. The van der Waals surface area contributed by atoms with Gasteiger partial charge in [0.2, 0.25) is 11.8 Å². The van der Waals surface area contributed by atoms with E-state index in [4.69, 9.17) is 0 Å². The lowest BCUT2D eigenvalue weighted by atomic mass is 10.1. The van der Waals surface area contributed by atoms with E-state index in [9.17, 15) is 9.18 Å². The molecule has 0 saturated carbocycles. The second kappa shape index (κ2) is 8.91. The van der Waals surface area contributed by atoms with Crippen LogP contribution in [0, 0.1) is 12.0 Å². The number of fused-ring (bicyclic) bond motifs is 1. The molecule has 0 N–H and O–H groups in total. The summed E-state index contributed by atoms with van der Waals surface area (Å²) in [6, 6.07) is 5.45. The second-order valence-electron chi connectivity index (χ2n) is 8.78. The maximum absolute atomic E-state index is 13.1. The van der Waals surface area contributed by atoms with E-state index in [1.807, 2.05) is 23.8 Å². The van der Waals surface area contributed by atoms with Crippen LogP contribution in [0.5, 0.6) is 0 Å². The van der Waals surface area contributed by atoms with Gasteiger partial charge < -0.3 is 9.80 Å². The number of carbonyl (C=O) groups excluding carboxylic acids is 1. The van der Waals surface area contributed by atoms with Crippen LogP contribution in [0.3, 0.4) is 0 Å². The quantitative estimate of drug-likeness (QED) is 0.300. The van der Waals surface area contributed by atoms with E-state index < -0.39 is 0 Å². The number of carbonyl (C=O) groups is 1. The standard InChI is InChI=1S/C25H23FN9O/c1-32-14-20(13-30-32)18-10-22-24(29-16-31-35(22)15-18)33-6-8-34(9-7-33)25-27-11-19(12-28-25)23(36)17-2-4-21(26)5-3-17/h2-5,10-16,18H,6-9H2,1H3/q+1. The zero-order chi connectivity index (χ0) is 24.6. The zero-order valence-corrected chi connectivity index (χ0v) is 19.6. The van der Waals surface area contributed by atoms with E-state index in [1.165, 1.54) is 36.7 Å². The molecule has 0 bridgehead atoms. The number of aryl methyl sites for hydroxylation is 1. The molecule has 1 saturated heterocycles. The van der Waals surface area contributed by atoms with Crippen molar-refractivity contribution < 1.29 is 13.5 Å². The van der Waals surface area contributed by atoms with Crippen molar-refractivity contribution in [1.82, 2.24) is 29.8 Å². The summed E-state index contributed by atoms with van der Waals surface area (Å²) in [7, 11) is 1.91. The topological polar surface area (TPSA) is 98.8 Å². The largest absolute Gasteiger partial charge is 0.347 e. The molecule has 0 spiro atoms. The van der Waals surface area contributed by atoms with Crippen molar-refractivity contribution >= 4 is 23.6 Å². The molecule has 3 aromatic heterocycles. The van der Waals surface area contributed by atoms with Crippen molar-refractivity contribution in [2.75, 3.05) is 36.0 Å². The van der Waals surface area contributed by atoms with Crippen molar-refractivity contribution in [3.63, 3.8) is 0 Å². The van der Waals surface area contributed by atoms with E-state index in [0.717, 1.165) is 29.8 Å². The SMILES string of the molecule is Cn1cc(C2C=c3c(N4CCN(c5ncc(C(=O)c6ccc(F)cc6)cn5)CC4)ncn[n+]3=C2)cn1. The highest BCUT2D eigenvalue weighted by molar-refractivity contribution is 6.08. The normalized spacial score (nSPS) is 16.9. The Bertz CT molecular complexity index is 1540. The molecule has 180 valence electrons. The number of aromatic nitrogens is 7. The number of hydrogen-bond donors (Lipinski definition) is 0. The van der Waals surface area contributed by atoms with Gasteiger partial charge in [-0.2, -0.15) is 5.10 Å². The maximum Gasteiger partial charge on any atom is 0.277 e. The minimum Gasteiger partial charge on any atom is -0.347 e. The number of piperazine rings is 1. The second-order valence-corrected chi connectivity index (χ2v) is 8.78. The van der Waals surface area contributed by atoms with Crippen LogP contribution in [-0.2, 0) is 7.05 Å². The van der Waals surface area contributed by atoms with Crippen LogP contribution >= 0.6 is 0 Å². The van der Waals surface area contributed by atoms with E-state index in [1.54, 1.807) is 11.0 Å². The molecular formula is C25H23FN9O+. The minimum atomic E-state index is -0.382. The average Bonchev–Trinajstić information content (AvgIpc) is 3.55. The first-order valence-corrected chi connectivity index (χ1v) is 11.6. The third kappa shape index (κ3) is 4.08. The molecular weight excluding hydrogens is 461 g/mol. The van der Waals surface area contributed by atoms with Gasteiger partial charge in [-0.1, -0.05) is 4.36 Å². The molecule has 2 aliphatic heterocycles. The minimum absolute atomic E-state index is 0.0972. The molecule has 6 rings (SSSR count). The van der Waals surface area contributed by atoms with Gasteiger partial charge in [-0.05, 0) is 24.3 Å². The molecule has 0 radical (unpaired) electrons. The predicted molar refractivity (Wildman–Crippen MR) is 128 cm³/mol. The lowest BCUT2D eigenvalue weighted by molar-refractivity contribution is -0.589. The summed E-state index contributed by atoms with van der Waals surface area (Å²) < 4.78 is 16.8. The fourth-order valence-electron chi connectivity index (χ4n) is 4.53. The van der Waals surface area contributed by atoms with E-state index in [2.05, 4.69) is 47.2 Å². The Morgan fingerprint density at radius 2 is 1.69 bits per heavy atom. The number of hydrogen-bond acceptors (Lipinski definition) is 8. The van der Waals surface area contributed by atoms with Crippen LogP contribution in [0.15, 0.2) is 55.4 Å². The van der Waals surface area contributed by atoms with Gasteiger partial charge in [0.05, 0.1) is 17.7 Å². The average molecular weight is 485 g/mol. The van der Waals surface area contributed by atoms with E-state index in [0.29, 0.717) is 30.2 Å². The number of halogens is 1. The van der Waals surface area contributed by atoms with Gasteiger partial charge in [-0.25, -0.2) is 19.3 Å². The fraction of sp³-hybridized carbons (Fsp3) is 0.240. The number of benzene rings is 1. The summed E-state index contributed by atoms with van der Waals surface area (Å²) in [5, 5.41) is 9.65. The third-order valence-corrected chi connectivity index (χ3v) is 6.45. The van der Waals surface area contributed by atoms with Crippen molar-refractivity contribution in [2.24, 2.45) is 7.05 Å². The fourth-order valence-corrected chi connectivity index (χ4v) is 4.53. The Labute approximate surface area is 205 Å². The summed E-state index contributed by atoms with van der Waals surface area (Å²) in [5.74, 6) is 0.948. The van der Waals surface area contributed by atoms with Crippen LogP contribution in [-0.4, -0.2) is 61.8 Å². The van der Waals surface area contributed by atoms with Crippen LogP contribution in [0.4, 0.5) is 16.2 Å². The highest BCUT2D eigenvalue weighted by atomic mass is 19.1. The van der Waals surface area contributed by atoms with Crippen molar-refractivity contribution in [3.8, 4) is 0 Å². The highest BCUT2D eigenvalue weighted by Crippen LogP contribution is 2.19. The molecule has 0 amide bonds. The molecule has 1 fully saturated rings. The Morgan fingerprint density at radius 1 is 0.972 bits per heavy atom. The lowest BCUT2D eigenvalue weighted by Crippen LogP contribution is -2.51. The predicted octanol–water partition coefficient (Wildman–Crippen LogP) is 0.572. The smallest absolute Gasteiger partial charge is 0.277 e. The molecule has 2 aliphatic rings. The van der Waals surface area contributed by atoms with E-state index >= 15 is 0 Å². The first kappa shape index (κ1) is 22.0. The van der Waals surface area contributed by atoms with Crippen LogP contribution in [0.25, 0.3) is 6.08 Å². The van der Waals surface area contributed by atoms with Gasteiger partial charge in [0.25, 0.3) is 5.35 Å². The summed E-state index contributed by atoms with van der Waals surface area (Å²) in [6.07, 6.45) is 12.7. The maximum atomic E-state index is 13.1. The highest BCUT2D eigenvalue weighted by Gasteiger charge is 2.27.